The lowest BCUT2D eigenvalue weighted by Gasteiger charge is -2.24. The number of alkyl halides is 2. The van der Waals surface area contributed by atoms with Crippen LogP contribution in [-0.4, -0.2) is 107 Å². The first-order valence-electron chi connectivity index (χ1n) is 31.7. The van der Waals surface area contributed by atoms with Gasteiger partial charge in [0.05, 0.1) is 12.8 Å². The van der Waals surface area contributed by atoms with Gasteiger partial charge in [-0.1, -0.05) is 114 Å². The van der Waals surface area contributed by atoms with Crippen LogP contribution in [-0.2, 0) is 65.1 Å². The summed E-state index contributed by atoms with van der Waals surface area (Å²) in [7, 11) is 0. The molecule has 0 spiro atoms. The largest absolute Gasteiger partial charge is 0.511 e. The van der Waals surface area contributed by atoms with Crippen molar-refractivity contribution in [1.29, 1.82) is 0 Å². The summed E-state index contributed by atoms with van der Waals surface area (Å²) in [6.07, 6.45) is 10.8. The van der Waals surface area contributed by atoms with E-state index in [9.17, 15) is 42.3 Å². The first-order valence-corrected chi connectivity index (χ1v) is 33.3. The third-order valence-electron chi connectivity index (χ3n) is 14.1. The molecule has 5 atom stereocenters. The van der Waals surface area contributed by atoms with Crippen LogP contribution >= 0.6 is 46.4 Å². The molecule has 3 aliphatic carbocycles. The standard InChI is InChI=1S/C30H37ClFNO7.C21H23ClFNO4.2C9H15ClO3/c1-19(38-29(36)39-24-8-6-5-7-9-24)37-27(34)18-23(33-28(35)40-30(2,3)4)16-20-10-12-21(13-11-20)25-17-22(31)14-15-26(25)32;1-21(2,3)28-20(27)24-16(12-19(25)26)10-13-4-6-14(7-5-13)17-11-15(22)8-9-18(17)23;2*1-7(10)12-9(11)13-8-5-3-2-4-6-8/h10-15,17,19,23-24H,5-9,16,18H2,1-4H3,(H,33,35);4-9,11,16H,10,12H2,1-3H3,(H,24,27)(H,25,26);2*7-8H,2-6H2,1H3/t19?,23-;16-;;/m11../s1. The van der Waals surface area contributed by atoms with E-state index in [0.717, 1.165) is 94.6 Å². The number of aliphatic carboxylic acids is 1. The van der Waals surface area contributed by atoms with Gasteiger partial charge in [0.15, 0.2) is 11.1 Å². The molecule has 3 unspecified atom stereocenters. The average molecular weight is 1400 g/mol. The molecule has 0 aliphatic heterocycles. The molecule has 0 aromatic heterocycles. The molecule has 3 aliphatic rings. The Labute approximate surface area is 570 Å². The van der Waals surface area contributed by atoms with Crippen LogP contribution in [0.1, 0.15) is 183 Å². The van der Waals surface area contributed by atoms with Crippen molar-refractivity contribution in [3.05, 3.63) is 118 Å². The molecule has 2 amide bonds. The van der Waals surface area contributed by atoms with Crippen LogP contribution in [0.25, 0.3) is 22.3 Å². The number of hydrogen-bond donors (Lipinski definition) is 3. The molecule has 3 saturated carbocycles. The summed E-state index contributed by atoms with van der Waals surface area (Å²) in [4.78, 5) is 82.3. The van der Waals surface area contributed by atoms with E-state index in [1.807, 2.05) is 0 Å². The van der Waals surface area contributed by atoms with Crippen LogP contribution in [0.2, 0.25) is 10.0 Å². The van der Waals surface area contributed by atoms with Gasteiger partial charge in [0.25, 0.3) is 0 Å². The van der Waals surface area contributed by atoms with E-state index in [-0.39, 0.29) is 43.4 Å². The molecular formula is C69H90Cl4F2N2O17. The van der Waals surface area contributed by atoms with Crippen molar-refractivity contribution in [2.75, 3.05) is 0 Å². The molecule has 0 bridgehead atoms. The summed E-state index contributed by atoms with van der Waals surface area (Å²) in [5.41, 5.74) is 0.958. The van der Waals surface area contributed by atoms with Gasteiger partial charge >= 0.3 is 42.6 Å². The maximum absolute atomic E-state index is 14.3. The van der Waals surface area contributed by atoms with Crippen molar-refractivity contribution < 1.29 is 90.1 Å². The van der Waals surface area contributed by atoms with Crippen molar-refractivity contribution >= 4 is 89.0 Å². The molecule has 19 nitrogen and oxygen atoms in total. The lowest BCUT2D eigenvalue weighted by Crippen LogP contribution is -2.42. The first-order chi connectivity index (χ1) is 44.3. The summed E-state index contributed by atoms with van der Waals surface area (Å²) in [5.74, 6) is -2.49. The van der Waals surface area contributed by atoms with Gasteiger partial charge in [0, 0.05) is 40.2 Å². The van der Waals surface area contributed by atoms with E-state index in [0.29, 0.717) is 38.7 Å². The number of carbonyl (C=O) groups is 7. The van der Waals surface area contributed by atoms with Gasteiger partial charge < -0.3 is 58.4 Å². The van der Waals surface area contributed by atoms with Crippen LogP contribution in [0.3, 0.4) is 0 Å². The number of carboxylic acids is 1. The second-order valence-corrected chi connectivity index (χ2v) is 27.0. The van der Waals surface area contributed by atoms with Crippen LogP contribution in [0, 0.1) is 11.6 Å². The van der Waals surface area contributed by atoms with E-state index < -0.39 is 89.1 Å². The van der Waals surface area contributed by atoms with E-state index in [2.05, 4.69) is 20.1 Å². The number of esters is 1. The highest BCUT2D eigenvalue weighted by molar-refractivity contribution is 6.31. The fraction of sp³-hybridized carbons (Fsp3) is 0.551. The average Bonchev–Trinajstić information content (AvgIpc) is 0.888. The maximum atomic E-state index is 14.3. The van der Waals surface area contributed by atoms with Crippen LogP contribution < -0.4 is 10.6 Å². The molecular weight excluding hydrogens is 1310 g/mol. The van der Waals surface area contributed by atoms with Crippen molar-refractivity contribution in [2.24, 2.45) is 0 Å². The van der Waals surface area contributed by atoms with Crippen molar-refractivity contribution in [2.45, 2.75) is 243 Å². The van der Waals surface area contributed by atoms with Gasteiger partial charge in [0.2, 0.25) is 6.29 Å². The summed E-state index contributed by atoms with van der Waals surface area (Å²) >= 11 is 22.9. The zero-order valence-electron chi connectivity index (χ0n) is 54.9. The van der Waals surface area contributed by atoms with Crippen molar-refractivity contribution in [3.63, 3.8) is 0 Å². The highest BCUT2D eigenvalue weighted by Crippen LogP contribution is 2.30. The molecule has 0 saturated heterocycles. The molecule has 7 rings (SSSR count). The van der Waals surface area contributed by atoms with E-state index in [4.69, 9.17) is 84.7 Å². The number of carboxylic acid groups (broad SMARTS) is 1. The number of ether oxygens (including phenoxy) is 9. The second-order valence-electron chi connectivity index (χ2n) is 24.9. The van der Waals surface area contributed by atoms with E-state index in [1.54, 1.807) is 116 Å². The predicted molar refractivity (Wildman–Crippen MR) is 354 cm³/mol. The lowest BCUT2D eigenvalue weighted by atomic mass is 9.98. The van der Waals surface area contributed by atoms with Gasteiger partial charge in [-0.25, -0.2) is 32.8 Å². The smallest absolute Gasteiger partial charge is 0.481 e. The predicted octanol–water partition coefficient (Wildman–Crippen LogP) is 18.5. The quantitative estimate of drug-likeness (QED) is 0.0342. The minimum absolute atomic E-state index is 0.0386. The third kappa shape index (κ3) is 34.0. The fourth-order valence-electron chi connectivity index (χ4n) is 10.1. The highest BCUT2D eigenvalue weighted by Gasteiger charge is 2.28. The van der Waals surface area contributed by atoms with Gasteiger partial charge in [0.1, 0.15) is 41.1 Å². The zero-order chi connectivity index (χ0) is 69.5. The number of benzene rings is 4. The normalized spacial score (nSPS) is 16.0. The summed E-state index contributed by atoms with van der Waals surface area (Å²) < 4.78 is 73.9. The highest BCUT2D eigenvalue weighted by atomic mass is 35.5. The Bertz CT molecular complexity index is 2980. The lowest BCUT2D eigenvalue weighted by molar-refractivity contribution is -0.169. The number of rotatable bonds is 19. The van der Waals surface area contributed by atoms with Gasteiger partial charge in [-0.3, -0.25) is 9.59 Å². The maximum Gasteiger partial charge on any atom is 0.511 e. The van der Waals surface area contributed by atoms with Crippen molar-refractivity contribution in [1.82, 2.24) is 10.6 Å². The molecule has 520 valence electrons. The molecule has 4 aromatic carbocycles. The van der Waals surface area contributed by atoms with Crippen LogP contribution in [0.4, 0.5) is 32.8 Å². The number of amides is 2. The Morgan fingerprint density at radius 1 is 0.489 bits per heavy atom. The number of nitrogens with one attached hydrogen (secondary N) is 2. The first kappa shape index (κ1) is 79.6. The molecule has 4 aromatic rings. The number of alkyl carbamates (subject to hydrolysis) is 2. The fourth-order valence-corrected chi connectivity index (χ4v) is 10.5. The second kappa shape index (κ2) is 40.6. The summed E-state index contributed by atoms with van der Waals surface area (Å²) in [6, 6.07) is 21.3. The number of hydrogen-bond acceptors (Lipinski definition) is 16. The SMILES string of the molecule is CC(C)(C)OC(=O)N[C@@H](CC(=O)O)Cc1ccc(-c2cc(Cl)ccc2F)cc1.CC(Cl)OC(=O)OC1CCCCC1.CC(Cl)OC(=O)OC1CCCCC1.CC(OC(=O)C[C@@H](Cc1ccc(-c2cc(Cl)ccc2F)cc1)NC(=O)OC(C)(C)C)OC(=O)OC1CCCCC1. The molecule has 0 heterocycles. The topological polar surface area (TPSA) is 247 Å². The van der Waals surface area contributed by atoms with Crippen LogP contribution in [0.5, 0.6) is 0 Å². The number of carbonyl (C=O) groups excluding carboxylic acids is 6. The van der Waals surface area contributed by atoms with Crippen molar-refractivity contribution in [3.8, 4) is 22.3 Å². The molecule has 3 fully saturated rings. The minimum Gasteiger partial charge on any atom is -0.481 e. The Hall–Kier alpha value is -6.81. The minimum atomic E-state index is -1.17. The van der Waals surface area contributed by atoms with Gasteiger partial charge in [-0.15, -0.1) is 0 Å². The molecule has 25 heteroatoms. The van der Waals surface area contributed by atoms with Crippen LogP contribution in [0.15, 0.2) is 84.9 Å². The van der Waals surface area contributed by atoms with Gasteiger partial charge in [-0.05, 0) is 204 Å². The Kier molecular flexibility index (Phi) is 34.4. The number of halogens is 6. The monoisotopic (exact) mass is 1400 g/mol. The third-order valence-corrected chi connectivity index (χ3v) is 14.8. The molecule has 94 heavy (non-hydrogen) atoms. The molecule has 0 radical (unpaired) electrons. The Balaban J connectivity index is 0.000000298. The molecule has 3 N–H and O–H groups in total. The summed E-state index contributed by atoms with van der Waals surface area (Å²) in [5, 5.41) is 15.3. The Morgan fingerprint density at radius 2 is 0.819 bits per heavy atom. The Morgan fingerprint density at radius 3 is 1.14 bits per heavy atom. The van der Waals surface area contributed by atoms with E-state index >= 15 is 0 Å². The zero-order valence-corrected chi connectivity index (χ0v) is 57.9. The van der Waals surface area contributed by atoms with E-state index in [1.165, 1.54) is 44.0 Å². The summed E-state index contributed by atoms with van der Waals surface area (Å²) in [6.45, 7) is 15.0. The van der Waals surface area contributed by atoms with Gasteiger partial charge in [-0.2, -0.15) is 0 Å².